The molecule has 0 bridgehead atoms. The predicted octanol–water partition coefficient (Wildman–Crippen LogP) is 0.868. The maximum absolute atomic E-state index is 11.9. The molecule has 0 spiro atoms. The van der Waals surface area contributed by atoms with Gasteiger partial charge in [-0.3, -0.25) is 9.48 Å². The fraction of sp³-hybridized carbons (Fsp3) is 0.750. The first-order valence-corrected chi connectivity index (χ1v) is 6.22. The van der Waals surface area contributed by atoms with Gasteiger partial charge in [0.05, 0.1) is 6.42 Å². The molecule has 1 atom stereocenters. The maximum Gasteiger partial charge on any atom is 0.169 e. The molecule has 1 fully saturated rings. The summed E-state index contributed by atoms with van der Waals surface area (Å²) in [6.07, 6.45) is 6.17. The summed E-state index contributed by atoms with van der Waals surface area (Å²) in [5.41, 5.74) is 0. The van der Waals surface area contributed by atoms with Crippen LogP contribution in [0, 0.1) is 5.92 Å². The fourth-order valence-electron chi connectivity index (χ4n) is 2.45. The van der Waals surface area contributed by atoms with Crippen molar-refractivity contribution >= 4 is 5.78 Å². The number of carbonyl (C=O) groups is 1. The third-order valence-electron chi connectivity index (χ3n) is 3.56. The van der Waals surface area contributed by atoms with Crippen LogP contribution in [0.5, 0.6) is 0 Å². The standard InChI is InChI=1S/C12H19N3O2/c1-15-11(13-8-14-15)7-10(16)12(17)9-5-3-2-4-6-9/h8-9,12,17H,2-7H2,1H3. The van der Waals surface area contributed by atoms with Crippen molar-refractivity contribution in [2.75, 3.05) is 0 Å². The van der Waals surface area contributed by atoms with Gasteiger partial charge >= 0.3 is 0 Å². The van der Waals surface area contributed by atoms with Crippen molar-refractivity contribution in [1.29, 1.82) is 0 Å². The Morgan fingerprint density at radius 1 is 1.53 bits per heavy atom. The Labute approximate surface area is 101 Å². The number of aliphatic hydroxyl groups is 1. The van der Waals surface area contributed by atoms with Gasteiger partial charge < -0.3 is 5.11 Å². The number of nitrogens with zero attached hydrogens (tertiary/aromatic N) is 3. The Bertz CT molecular complexity index is 383. The van der Waals surface area contributed by atoms with Crippen molar-refractivity contribution < 1.29 is 9.90 Å². The number of aromatic nitrogens is 3. The lowest BCUT2D eigenvalue weighted by Gasteiger charge is -2.25. The average Bonchev–Trinajstić information content (AvgIpc) is 2.75. The van der Waals surface area contributed by atoms with Crippen LogP contribution in [0.3, 0.4) is 0 Å². The number of aryl methyl sites for hydroxylation is 1. The minimum absolute atomic E-state index is 0.131. The van der Waals surface area contributed by atoms with Crippen molar-refractivity contribution in [3.8, 4) is 0 Å². The highest BCUT2D eigenvalue weighted by molar-refractivity contribution is 5.84. The Morgan fingerprint density at radius 3 is 2.82 bits per heavy atom. The van der Waals surface area contributed by atoms with Crippen LogP contribution < -0.4 is 0 Å². The van der Waals surface area contributed by atoms with Crippen LogP contribution in [-0.4, -0.2) is 31.8 Å². The number of carbonyl (C=O) groups excluding carboxylic acids is 1. The lowest BCUT2D eigenvalue weighted by molar-refractivity contribution is -0.129. The first-order chi connectivity index (χ1) is 8.18. The Morgan fingerprint density at radius 2 is 2.24 bits per heavy atom. The number of rotatable bonds is 4. The van der Waals surface area contributed by atoms with Gasteiger partial charge in [-0.15, -0.1) is 0 Å². The van der Waals surface area contributed by atoms with E-state index in [2.05, 4.69) is 10.1 Å². The molecule has 5 nitrogen and oxygen atoms in total. The second-order valence-electron chi connectivity index (χ2n) is 4.79. The molecule has 17 heavy (non-hydrogen) atoms. The highest BCUT2D eigenvalue weighted by Crippen LogP contribution is 2.27. The van der Waals surface area contributed by atoms with Gasteiger partial charge in [-0.05, 0) is 18.8 Å². The van der Waals surface area contributed by atoms with Gasteiger partial charge in [0.1, 0.15) is 18.3 Å². The molecule has 94 valence electrons. The molecule has 0 amide bonds. The van der Waals surface area contributed by atoms with Crippen molar-refractivity contribution in [3.63, 3.8) is 0 Å². The molecule has 1 aromatic heterocycles. The minimum atomic E-state index is -0.827. The number of aliphatic hydroxyl groups excluding tert-OH is 1. The van der Waals surface area contributed by atoms with E-state index in [-0.39, 0.29) is 18.1 Å². The minimum Gasteiger partial charge on any atom is -0.385 e. The number of hydrogen-bond donors (Lipinski definition) is 1. The Hall–Kier alpha value is -1.23. The van der Waals surface area contributed by atoms with Gasteiger partial charge in [0.2, 0.25) is 0 Å². The molecule has 1 aromatic rings. The molecule has 0 aliphatic heterocycles. The van der Waals surface area contributed by atoms with Crippen LogP contribution >= 0.6 is 0 Å². The fourth-order valence-corrected chi connectivity index (χ4v) is 2.45. The molecule has 0 aromatic carbocycles. The molecule has 5 heteroatoms. The molecule has 1 unspecified atom stereocenters. The van der Waals surface area contributed by atoms with E-state index in [1.807, 2.05) is 0 Å². The lowest BCUT2D eigenvalue weighted by atomic mass is 9.83. The van der Waals surface area contributed by atoms with Crippen molar-refractivity contribution in [1.82, 2.24) is 14.8 Å². The summed E-state index contributed by atoms with van der Waals surface area (Å²) in [7, 11) is 1.75. The summed E-state index contributed by atoms with van der Waals surface area (Å²) in [6, 6.07) is 0. The maximum atomic E-state index is 11.9. The predicted molar refractivity (Wildman–Crippen MR) is 62.3 cm³/mol. The van der Waals surface area contributed by atoms with Crippen molar-refractivity contribution in [3.05, 3.63) is 12.2 Å². The first-order valence-electron chi connectivity index (χ1n) is 6.22. The molecule has 1 heterocycles. The van der Waals surface area contributed by atoms with Crippen LogP contribution in [0.2, 0.25) is 0 Å². The number of ketones is 1. The topological polar surface area (TPSA) is 68.0 Å². The van der Waals surface area contributed by atoms with Crippen LogP contribution in [0.15, 0.2) is 6.33 Å². The van der Waals surface area contributed by atoms with Gasteiger partial charge in [-0.1, -0.05) is 19.3 Å². The van der Waals surface area contributed by atoms with Crippen LogP contribution in [-0.2, 0) is 18.3 Å². The third kappa shape index (κ3) is 2.91. The summed E-state index contributed by atoms with van der Waals surface area (Å²) >= 11 is 0. The SMILES string of the molecule is Cn1ncnc1CC(=O)C(O)C1CCCCC1. The number of hydrogen-bond acceptors (Lipinski definition) is 4. The zero-order valence-electron chi connectivity index (χ0n) is 10.2. The highest BCUT2D eigenvalue weighted by atomic mass is 16.3. The Balaban J connectivity index is 1.93. The van der Waals surface area contributed by atoms with Gasteiger partial charge in [0.15, 0.2) is 5.78 Å². The second-order valence-corrected chi connectivity index (χ2v) is 4.79. The highest BCUT2D eigenvalue weighted by Gasteiger charge is 2.27. The van der Waals surface area contributed by atoms with E-state index in [0.717, 1.165) is 25.7 Å². The second kappa shape index (κ2) is 5.40. The first kappa shape index (κ1) is 12.2. The molecule has 0 saturated heterocycles. The van der Waals surface area contributed by atoms with E-state index in [0.29, 0.717) is 5.82 Å². The molecular weight excluding hydrogens is 218 g/mol. The summed E-state index contributed by atoms with van der Waals surface area (Å²) in [5.74, 6) is 0.627. The van der Waals surface area contributed by atoms with Crippen molar-refractivity contribution in [2.45, 2.75) is 44.6 Å². The largest absolute Gasteiger partial charge is 0.385 e. The van der Waals surface area contributed by atoms with Gasteiger partial charge in [-0.25, -0.2) is 4.98 Å². The van der Waals surface area contributed by atoms with Crippen LogP contribution in [0.1, 0.15) is 37.9 Å². The van der Waals surface area contributed by atoms with Crippen LogP contribution in [0.25, 0.3) is 0 Å². The molecule has 1 N–H and O–H groups in total. The molecule has 1 aliphatic carbocycles. The van der Waals surface area contributed by atoms with E-state index in [1.54, 1.807) is 11.7 Å². The Kier molecular flexibility index (Phi) is 3.89. The molecule has 2 rings (SSSR count). The van der Waals surface area contributed by atoms with E-state index in [9.17, 15) is 9.90 Å². The third-order valence-corrected chi connectivity index (χ3v) is 3.56. The summed E-state index contributed by atoms with van der Waals surface area (Å²) in [4.78, 5) is 15.9. The summed E-state index contributed by atoms with van der Waals surface area (Å²) < 4.78 is 1.57. The van der Waals surface area contributed by atoms with Crippen molar-refractivity contribution in [2.24, 2.45) is 13.0 Å². The zero-order chi connectivity index (χ0) is 12.3. The van der Waals surface area contributed by atoms with E-state index >= 15 is 0 Å². The van der Waals surface area contributed by atoms with Crippen LogP contribution in [0.4, 0.5) is 0 Å². The van der Waals surface area contributed by atoms with E-state index < -0.39 is 6.10 Å². The normalized spacial score (nSPS) is 19.2. The average molecular weight is 237 g/mol. The summed E-state index contributed by atoms with van der Waals surface area (Å²) in [5, 5.41) is 13.9. The quantitative estimate of drug-likeness (QED) is 0.843. The lowest BCUT2D eigenvalue weighted by Crippen LogP contribution is -2.32. The molecule has 1 aliphatic rings. The zero-order valence-corrected chi connectivity index (χ0v) is 10.2. The molecule has 0 radical (unpaired) electrons. The monoisotopic (exact) mass is 237 g/mol. The summed E-state index contributed by atoms with van der Waals surface area (Å²) in [6.45, 7) is 0. The van der Waals surface area contributed by atoms with Gasteiger partial charge in [0, 0.05) is 7.05 Å². The van der Waals surface area contributed by atoms with Gasteiger partial charge in [0.25, 0.3) is 0 Å². The van der Waals surface area contributed by atoms with E-state index in [4.69, 9.17) is 0 Å². The van der Waals surface area contributed by atoms with E-state index in [1.165, 1.54) is 12.7 Å². The smallest absolute Gasteiger partial charge is 0.169 e. The molecule has 1 saturated carbocycles. The number of Topliss-reactive ketones (excluding diaryl/α,β-unsaturated/α-hetero) is 1. The van der Waals surface area contributed by atoms with Gasteiger partial charge in [-0.2, -0.15) is 5.10 Å². The molecular formula is C12H19N3O2.